The molecular weight excluding hydrogens is 372 g/mol. The first-order chi connectivity index (χ1) is 12.6. The number of carbonyl (C=O) groups is 3. The van der Waals surface area contributed by atoms with E-state index in [9.17, 15) is 22.8 Å². The van der Waals surface area contributed by atoms with Crippen molar-refractivity contribution in [3.8, 4) is 0 Å². The third-order valence-corrected chi connectivity index (χ3v) is 5.51. The summed E-state index contributed by atoms with van der Waals surface area (Å²) in [5, 5.41) is 2.72. The van der Waals surface area contributed by atoms with Crippen molar-refractivity contribution in [2.75, 3.05) is 6.61 Å². The lowest BCUT2D eigenvalue weighted by atomic mass is 10.2. The SMILES string of the molecule is CCC(CC)NC(=O)COC(=O)[C@H](C)NS(=O)(=O)c1ccc(C(C)=O)cc1. The van der Waals surface area contributed by atoms with Gasteiger partial charge in [0.25, 0.3) is 5.91 Å². The number of esters is 1. The third-order valence-electron chi connectivity index (χ3n) is 3.95. The van der Waals surface area contributed by atoms with Crippen molar-refractivity contribution < 1.29 is 27.5 Å². The largest absolute Gasteiger partial charge is 0.454 e. The van der Waals surface area contributed by atoms with Gasteiger partial charge in [-0.3, -0.25) is 14.4 Å². The number of sulfonamides is 1. The number of rotatable bonds is 10. The van der Waals surface area contributed by atoms with Gasteiger partial charge in [0, 0.05) is 11.6 Å². The molecule has 1 rings (SSSR count). The molecule has 8 nitrogen and oxygen atoms in total. The van der Waals surface area contributed by atoms with Crippen molar-refractivity contribution in [2.45, 2.75) is 57.5 Å². The van der Waals surface area contributed by atoms with Crippen LogP contribution in [-0.2, 0) is 24.3 Å². The first kappa shape index (κ1) is 22.8. The monoisotopic (exact) mass is 398 g/mol. The van der Waals surface area contributed by atoms with E-state index in [1.54, 1.807) is 0 Å². The summed E-state index contributed by atoms with van der Waals surface area (Å²) < 4.78 is 31.7. The van der Waals surface area contributed by atoms with Crippen molar-refractivity contribution in [1.82, 2.24) is 10.0 Å². The maximum absolute atomic E-state index is 12.3. The number of Topliss-reactive ketones (excluding diaryl/α,β-unsaturated/α-hetero) is 1. The zero-order chi connectivity index (χ0) is 20.6. The molecule has 150 valence electrons. The van der Waals surface area contributed by atoms with Crippen molar-refractivity contribution in [2.24, 2.45) is 0 Å². The molecule has 1 atom stereocenters. The van der Waals surface area contributed by atoms with E-state index < -0.39 is 34.5 Å². The van der Waals surface area contributed by atoms with Crippen molar-refractivity contribution in [3.05, 3.63) is 29.8 Å². The van der Waals surface area contributed by atoms with Gasteiger partial charge in [-0.05, 0) is 38.8 Å². The molecule has 0 heterocycles. The highest BCUT2D eigenvalue weighted by Gasteiger charge is 2.24. The molecule has 0 spiro atoms. The Morgan fingerprint density at radius 3 is 2.11 bits per heavy atom. The molecule has 0 unspecified atom stereocenters. The lowest BCUT2D eigenvalue weighted by molar-refractivity contribution is -0.150. The number of ketones is 1. The Balaban J connectivity index is 2.63. The first-order valence-electron chi connectivity index (χ1n) is 8.70. The molecule has 0 radical (unpaired) electrons. The van der Waals surface area contributed by atoms with Gasteiger partial charge >= 0.3 is 5.97 Å². The lowest BCUT2D eigenvalue weighted by Gasteiger charge is -2.16. The van der Waals surface area contributed by atoms with Gasteiger partial charge in [-0.25, -0.2) is 8.42 Å². The topological polar surface area (TPSA) is 119 Å². The summed E-state index contributed by atoms with van der Waals surface area (Å²) in [4.78, 5) is 34.9. The smallest absolute Gasteiger partial charge is 0.324 e. The van der Waals surface area contributed by atoms with Crippen LogP contribution in [0.25, 0.3) is 0 Å². The maximum Gasteiger partial charge on any atom is 0.324 e. The molecule has 0 aliphatic rings. The minimum absolute atomic E-state index is 0.00472. The summed E-state index contributed by atoms with van der Waals surface area (Å²) in [6, 6.07) is 4.17. The summed E-state index contributed by atoms with van der Waals surface area (Å²) in [5.74, 6) is -1.49. The molecule has 0 aromatic heterocycles. The van der Waals surface area contributed by atoms with Gasteiger partial charge in [0.05, 0.1) is 4.90 Å². The molecule has 1 amide bonds. The zero-order valence-corrected chi connectivity index (χ0v) is 16.8. The fraction of sp³-hybridized carbons (Fsp3) is 0.500. The van der Waals surface area contributed by atoms with Crippen LogP contribution in [0, 0.1) is 0 Å². The molecule has 0 fully saturated rings. The van der Waals surface area contributed by atoms with E-state index in [0.717, 1.165) is 12.8 Å². The summed E-state index contributed by atoms with van der Waals surface area (Å²) in [6.45, 7) is 6.08. The van der Waals surface area contributed by atoms with Crippen LogP contribution in [-0.4, -0.2) is 44.8 Å². The van der Waals surface area contributed by atoms with E-state index in [1.807, 2.05) is 13.8 Å². The molecule has 0 saturated carbocycles. The second kappa shape index (κ2) is 10.2. The normalized spacial score (nSPS) is 12.5. The molecule has 0 aliphatic carbocycles. The number of hydrogen-bond donors (Lipinski definition) is 2. The third kappa shape index (κ3) is 7.10. The van der Waals surface area contributed by atoms with E-state index in [2.05, 4.69) is 10.0 Å². The Morgan fingerprint density at radius 2 is 1.63 bits per heavy atom. The van der Waals surface area contributed by atoms with Crippen molar-refractivity contribution >= 4 is 27.7 Å². The summed E-state index contributed by atoms with van der Waals surface area (Å²) in [6.07, 6.45) is 1.52. The number of ether oxygens (including phenoxy) is 1. The molecular formula is C18H26N2O6S. The van der Waals surface area contributed by atoms with Crippen LogP contribution < -0.4 is 10.0 Å². The van der Waals surface area contributed by atoms with Crippen molar-refractivity contribution in [1.29, 1.82) is 0 Å². The molecule has 0 aliphatic heterocycles. The highest BCUT2D eigenvalue weighted by Crippen LogP contribution is 2.12. The molecule has 27 heavy (non-hydrogen) atoms. The van der Waals surface area contributed by atoms with Crippen LogP contribution in [0.4, 0.5) is 0 Å². The van der Waals surface area contributed by atoms with E-state index >= 15 is 0 Å². The number of nitrogens with one attached hydrogen (secondary N) is 2. The zero-order valence-electron chi connectivity index (χ0n) is 15.9. The van der Waals surface area contributed by atoms with Crippen LogP contribution in [0.15, 0.2) is 29.2 Å². The molecule has 0 bridgehead atoms. The Labute approximate surface area is 159 Å². The molecule has 1 aromatic rings. The fourth-order valence-electron chi connectivity index (χ4n) is 2.24. The standard InChI is InChI=1S/C18H26N2O6S/c1-5-15(6-2)19-17(22)11-26-18(23)12(3)20-27(24,25)16-9-7-14(8-10-16)13(4)21/h7-10,12,15,20H,5-6,11H2,1-4H3,(H,19,22)/t12-/m0/s1. The Hall–Kier alpha value is -2.26. The highest BCUT2D eigenvalue weighted by molar-refractivity contribution is 7.89. The predicted molar refractivity (Wildman–Crippen MR) is 99.7 cm³/mol. The van der Waals surface area contributed by atoms with E-state index in [4.69, 9.17) is 4.74 Å². The second-order valence-corrected chi connectivity index (χ2v) is 7.83. The summed E-state index contributed by atoms with van der Waals surface area (Å²) in [7, 11) is -3.98. The summed E-state index contributed by atoms with van der Waals surface area (Å²) in [5.41, 5.74) is 0.380. The van der Waals surface area contributed by atoms with Crippen LogP contribution in [0.5, 0.6) is 0 Å². The van der Waals surface area contributed by atoms with Gasteiger partial charge in [0.1, 0.15) is 6.04 Å². The lowest BCUT2D eigenvalue weighted by Crippen LogP contribution is -2.42. The van der Waals surface area contributed by atoms with Crippen LogP contribution in [0.1, 0.15) is 50.9 Å². The van der Waals surface area contributed by atoms with Gasteiger partial charge in [-0.1, -0.05) is 26.0 Å². The minimum Gasteiger partial charge on any atom is -0.454 e. The average molecular weight is 398 g/mol. The number of hydrogen-bond acceptors (Lipinski definition) is 6. The molecule has 9 heteroatoms. The van der Waals surface area contributed by atoms with Gasteiger partial charge in [0.15, 0.2) is 12.4 Å². The Kier molecular flexibility index (Phi) is 8.58. The van der Waals surface area contributed by atoms with E-state index in [1.165, 1.54) is 38.1 Å². The Morgan fingerprint density at radius 1 is 1.07 bits per heavy atom. The van der Waals surface area contributed by atoms with Gasteiger partial charge in [0.2, 0.25) is 10.0 Å². The highest BCUT2D eigenvalue weighted by atomic mass is 32.2. The molecule has 2 N–H and O–H groups in total. The number of carbonyl (C=O) groups excluding carboxylic acids is 3. The van der Waals surface area contributed by atoms with Crippen LogP contribution in [0.3, 0.4) is 0 Å². The quantitative estimate of drug-likeness (QED) is 0.454. The Bertz CT molecular complexity index is 770. The van der Waals surface area contributed by atoms with E-state index in [-0.39, 0.29) is 16.7 Å². The van der Waals surface area contributed by atoms with Crippen molar-refractivity contribution in [3.63, 3.8) is 0 Å². The number of amides is 1. The van der Waals surface area contributed by atoms with Gasteiger partial charge in [-0.15, -0.1) is 0 Å². The molecule has 0 saturated heterocycles. The molecule has 1 aromatic carbocycles. The first-order valence-corrected chi connectivity index (χ1v) is 10.2. The average Bonchev–Trinajstić information content (AvgIpc) is 2.63. The second-order valence-electron chi connectivity index (χ2n) is 6.11. The fourth-order valence-corrected chi connectivity index (χ4v) is 3.43. The predicted octanol–water partition coefficient (Wildman–Crippen LogP) is 1.40. The number of benzene rings is 1. The maximum atomic E-state index is 12.3. The van der Waals surface area contributed by atoms with Gasteiger partial charge in [-0.2, -0.15) is 4.72 Å². The van der Waals surface area contributed by atoms with E-state index in [0.29, 0.717) is 5.56 Å². The van der Waals surface area contributed by atoms with Crippen LogP contribution >= 0.6 is 0 Å². The van der Waals surface area contributed by atoms with Gasteiger partial charge < -0.3 is 10.1 Å². The van der Waals surface area contributed by atoms with Crippen LogP contribution in [0.2, 0.25) is 0 Å². The summed E-state index contributed by atoms with van der Waals surface area (Å²) >= 11 is 0. The minimum atomic E-state index is -3.98.